The van der Waals surface area contributed by atoms with Gasteiger partial charge in [0.05, 0.1) is 0 Å². The van der Waals surface area contributed by atoms with Gasteiger partial charge in [-0.3, -0.25) is 0 Å². The number of rotatable bonds is 15. The molecule has 2 N–H and O–H groups in total. The third-order valence-corrected chi connectivity index (χ3v) is 6.16. The topological polar surface area (TPSA) is 74.6 Å². The minimum absolute atomic E-state index is 0.520. The number of hydrogen-bond donors (Lipinski definition) is 2. The summed E-state index contributed by atoms with van der Waals surface area (Å²) in [5.74, 6) is -1.68. The molecular formula is C26H40O4. The first kappa shape index (κ1) is 25.9. The molecule has 0 heterocycles. The zero-order valence-electron chi connectivity index (χ0n) is 19.2. The maximum Gasteiger partial charge on any atom is 0.343 e. The molecule has 4 nitrogen and oxygen atoms in total. The van der Waals surface area contributed by atoms with Gasteiger partial charge in [0.25, 0.3) is 0 Å². The predicted molar refractivity (Wildman–Crippen MR) is 124 cm³/mol. The Bertz CT molecular complexity index is 689. The Morgan fingerprint density at radius 3 is 1.87 bits per heavy atom. The molecule has 0 saturated carbocycles. The standard InChI is InChI=1S/C26H40O4/c1-5-9-12-19(7-3)16-21-14-11-15-22(18-24(25(27)28)26(29)30)23(21)17-20(8-4)13-10-6-2/h11,14-15,18-20H,5-10,12-13,16-17H2,1-4H3,(H,27,28)(H,29,30). The highest BCUT2D eigenvalue weighted by Crippen LogP contribution is 2.29. The zero-order chi connectivity index (χ0) is 22.5. The second-order valence-electron chi connectivity index (χ2n) is 8.39. The van der Waals surface area contributed by atoms with Crippen molar-refractivity contribution in [2.24, 2.45) is 11.8 Å². The third-order valence-electron chi connectivity index (χ3n) is 6.16. The number of aliphatic carboxylic acids is 2. The predicted octanol–water partition coefficient (Wildman–Crippen LogP) is 6.76. The molecule has 2 atom stereocenters. The lowest BCUT2D eigenvalue weighted by atomic mass is 9.83. The fourth-order valence-corrected chi connectivity index (χ4v) is 4.09. The molecule has 0 aliphatic carbocycles. The monoisotopic (exact) mass is 416 g/mol. The first-order valence-corrected chi connectivity index (χ1v) is 11.7. The van der Waals surface area contributed by atoms with Crippen molar-refractivity contribution >= 4 is 18.0 Å². The van der Waals surface area contributed by atoms with E-state index < -0.39 is 17.5 Å². The molecule has 0 bridgehead atoms. The summed E-state index contributed by atoms with van der Waals surface area (Å²) >= 11 is 0. The summed E-state index contributed by atoms with van der Waals surface area (Å²) in [5, 5.41) is 18.7. The molecule has 0 fully saturated rings. The van der Waals surface area contributed by atoms with Gasteiger partial charge in [-0.05, 0) is 47.4 Å². The Labute approximate surface area is 182 Å². The first-order valence-electron chi connectivity index (χ1n) is 11.7. The van der Waals surface area contributed by atoms with Crippen LogP contribution < -0.4 is 0 Å². The van der Waals surface area contributed by atoms with Crippen LogP contribution in [-0.2, 0) is 22.4 Å². The number of carboxylic acid groups (broad SMARTS) is 2. The van der Waals surface area contributed by atoms with E-state index in [4.69, 9.17) is 0 Å². The number of hydrogen-bond acceptors (Lipinski definition) is 2. The molecule has 2 unspecified atom stereocenters. The van der Waals surface area contributed by atoms with Crippen LogP contribution in [0.4, 0.5) is 0 Å². The third kappa shape index (κ3) is 8.33. The fraction of sp³-hybridized carbons (Fsp3) is 0.615. The molecule has 0 aromatic heterocycles. The summed E-state index contributed by atoms with van der Waals surface area (Å²) in [5.41, 5.74) is 2.55. The second-order valence-corrected chi connectivity index (χ2v) is 8.39. The molecule has 0 saturated heterocycles. The van der Waals surface area contributed by atoms with Crippen LogP contribution in [0.15, 0.2) is 23.8 Å². The van der Waals surface area contributed by atoms with Crippen LogP contribution in [-0.4, -0.2) is 22.2 Å². The Hall–Kier alpha value is -2.10. The highest BCUT2D eigenvalue weighted by molar-refractivity contribution is 6.16. The highest BCUT2D eigenvalue weighted by Gasteiger charge is 2.20. The van der Waals surface area contributed by atoms with E-state index in [9.17, 15) is 19.8 Å². The van der Waals surface area contributed by atoms with Gasteiger partial charge in [-0.15, -0.1) is 0 Å². The normalized spacial score (nSPS) is 12.9. The van der Waals surface area contributed by atoms with Gasteiger partial charge in [0.15, 0.2) is 0 Å². The van der Waals surface area contributed by atoms with Crippen molar-refractivity contribution in [3.63, 3.8) is 0 Å². The van der Waals surface area contributed by atoms with Crippen LogP contribution in [0.5, 0.6) is 0 Å². The SMILES string of the molecule is CCCCC(CC)Cc1cccc(C=C(C(=O)O)C(=O)O)c1CC(CC)CCCC. The van der Waals surface area contributed by atoms with Crippen LogP contribution in [0, 0.1) is 11.8 Å². The van der Waals surface area contributed by atoms with E-state index in [2.05, 4.69) is 33.8 Å². The molecule has 0 aliphatic heterocycles. The van der Waals surface area contributed by atoms with Crippen molar-refractivity contribution in [1.29, 1.82) is 0 Å². The Morgan fingerprint density at radius 2 is 1.40 bits per heavy atom. The van der Waals surface area contributed by atoms with Crippen molar-refractivity contribution < 1.29 is 19.8 Å². The molecule has 0 aliphatic rings. The summed E-state index contributed by atoms with van der Waals surface area (Å²) in [6.07, 6.45) is 12.4. The first-order chi connectivity index (χ1) is 14.4. The van der Waals surface area contributed by atoms with Crippen LogP contribution >= 0.6 is 0 Å². The maximum absolute atomic E-state index is 11.5. The van der Waals surface area contributed by atoms with Crippen molar-refractivity contribution in [3.8, 4) is 0 Å². The average molecular weight is 417 g/mol. The Morgan fingerprint density at radius 1 is 0.867 bits per heavy atom. The van der Waals surface area contributed by atoms with E-state index in [0.717, 1.165) is 49.7 Å². The van der Waals surface area contributed by atoms with Crippen molar-refractivity contribution in [3.05, 3.63) is 40.5 Å². The number of carbonyl (C=O) groups is 2. The Balaban J connectivity index is 3.40. The maximum atomic E-state index is 11.5. The van der Waals surface area contributed by atoms with Gasteiger partial charge in [-0.25, -0.2) is 9.59 Å². The van der Waals surface area contributed by atoms with Gasteiger partial charge in [-0.1, -0.05) is 97.3 Å². The van der Waals surface area contributed by atoms with E-state index in [1.807, 2.05) is 12.1 Å². The largest absolute Gasteiger partial charge is 0.477 e. The quantitative estimate of drug-likeness (QED) is 0.188. The molecule has 168 valence electrons. The number of benzene rings is 1. The average Bonchev–Trinajstić information content (AvgIpc) is 2.72. The van der Waals surface area contributed by atoms with Crippen LogP contribution in [0.25, 0.3) is 6.08 Å². The Kier molecular flexibility index (Phi) is 12.1. The van der Waals surface area contributed by atoms with E-state index in [-0.39, 0.29) is 0 Å². The van der Waals surface area contributed by atoms with Gasteiger partial charge < -0.3 is 10.2 Å². The van der Waals surface area contributed by atoms with E-state index in [1.165, 1.54) is 37.3 Å². The van der Waals surface area contributed by atoms with Gasteiger partial charge in [0.1, 0.15) is 5.57 Å². The lowest BCUT2D eigenvalue weighted by Gasteiger charge is -2.22. The minimum Gasteiger partial charge on any atom is -0.477 e. The van der Waals surface area contributed by atoms with Crippen molar-refractivity contribution in [2.75, 3.05) is 0 Å². The molecule has 1 aromatic carbocycles. The van der Waals surface area contributed by atoms with E-state index in [0.29, 0.717) is 11.8 Å². The van der Waals surface area contributed by atoms with Crippen molar-refractivity contribution in [2.45, 2.75) is 91.9 Å². The highest BCUT2D eigenvalue weighted by atomic mass is 16.4. The lowest BCUT2D eigenvalue weighted by Crippen LogP contribution is -2.13. The van der Waals surface area contributed by atoms with Gasteiger partial charge in [0, 0.05) is 0 Å². The molecule has 0 radical (unpaired) electrons. The summed E-state index contributed by atoms with van der Waals surface area (Å²) < 4.78 is 0. The lowest BCUT2D eigenvalue weighted by molar-refractivity contribution is -0.140. The summed E-state index contributed by atoms with van der Waals surface area (Å²) in [4.78, 5) is 22.9. The minimum atomic E-state index is -1.40. The van der Waals surface area contributed by atoms with Crippen LogP contribution in [0.2, 0.25) is 0 Å². The molecule has 4 heteroatoms. The summed E-state index contributed by atoms with van der Waals surface area (Å²) in [6.45, 7) is 8.84. The molecule has 0 amide bonds. The summed E-state index contributed by atoms with van der Waals surface area (Å²) in [7, 11) is 0. The van der Waals surface area contributed by atoms with E-state index in [1.54, 1.807) is 0 Å². The van der Waals surface area contributed by atoms with Gasteiger partial charge >= 0.3 is 11.9 Å². The molecule has 1 aromatic rings. The van der Waals surface area contributed by atoms with Gasteiger partial charge in [-0.2, -0.15) is 0 Å². The summed E-state index contributed by atoms with van der Waals surface area (Å²) in [6, 6.07) is 5.95. The molecule has 1 rings (SSSR count). The molecule has 30 heavy (non-hydrogen) atoms. The fourth-order valence-electron chi connectivity index (χ4n) is 4.09. The smallest absolute Gasteiger partial charge is 0.343 e. The molecule has 0 spiro atoms. The molecular weight excluding hydrogens is 376 g/mol. The van der Waals surface area contributed by atoms with E-state index >= 15 is 0 Å². The number of carboxylic acids is 2. The number of unbranched alkanes of at least 4 members (excludes halogenated alkanes) is 2. The second kappa shape index (κ2) is 14.0. The zero-order valence-corrected chi connectivity index (χ0v) is 19.2. The van der Waals surface area contributed by atoms with Crippen LogP contribution in [0.3, 0.4) is 0 Å². The van der Waals surface area contributed by atoms with Crippen LogP contribution in [0.1, 0.15) is 95.8 Å². The van der Waals surface area contributed by atoms with Crippen molar-refractivity contribution in [1.82, 2.24) is 0 Å². The van der Waals surface area contributed by atoms with Gasteiger partial charge in [0.2, 0.25) is 0 Å².